The number of nitrogens with zero attached hydrogens (tertiary/aromatic N) is 1. The Bertz CT molecular complexity index is 1080. The van der Waals surface area contributed by atoms with Gasteiger partial charge in [0.25, 0.3) is 5.91 Å². The summed E-state index contributed by atoms with van der Waals surface area (Å²) in [7, 11) is 1.65. The van der Waals surface area contributed by atoms with E-state index >= 15 is 0 Å². The van der Waals surface area contributed by atoms with Gasteiger partial charge in [-0.05, 0) is 49.6 Å². The smallest absolute Gasteiger partial charge is 0.251 e. The standard InChI is InChI=1S/C26H32F2N4O3.ClH/c1-5-15(2)21(30-24(33)16(3)29-4)26(35)32-14-13-17-9-6-7-10-18(17)23(32)25(34)31-22-19(27)11-8-12-20(22)28;/h6-12,15-16,21,23,29H,5,13-14H2,1-4H3,(H,30,33)(H,31,34);1H/t15-,16-,21-,23?;/m0./s1. The number of benzene rings is 2. The number of rotatable bonds is 8. The van der Waals surface area contributed by atoms with E-state index in [-0.39, 0.29) is 30.8 Å². The molecule has 0 saturated carbocycles. The normalized spacial score (nSPS) is 17.2. The monoisotopic (exact) mass is 522 g/mol. The second-order valence-corrected chi connectivity index (χ2v) is 8.85. The van der Waals surface area contributed by atoms with Gasteiger partial charge in [0, 0.05) is 6.54 Å². The maximum atomic E-state index is 14.3. The summed E-state index contributed by atoms with van der Waals surface area (Å²) >= 11 is 0. The van der Waals surface area contributed by atoms with Gasteiger partial charge in [0.1, 0.15) is 29.4 Å². The molecule has 1 heterocycles. The number of anilines is 1. The van der Waals surface area contributed by atoms with E-state index in [1.54, 1.807) is 26.1 Å². The molecule has 2 aromatic rings. The molecule has 1 aliphatic heterocycles. The molecule has 196 valence electrons. The van der Waals surface area contributed by atoms with E-state index < -0.39 is 47.3 Å². The van der Waals surface area contributed by atoms with Gasteiger partial charge in [-0.1, -0.05) is 50.6 Å². The molecule has 0 aliphatic carbocycles. The highest BCUT2D eigenvalue weighted by Gasteiger charge is 2.40. The van der Waals surface area contributed by atoms with E-state index in [2.05, 4.69) is 16.0 Å². The summed E-state index contributed by atoms with van der Waals surface area (Å²) in [4.78, 5) is 41.3. The van der Waals surface area contributed by atoms with Gasteiger partial charge in [0.15, 0.2) is 0 Å². The van der Waals surface area contributed by atoms with Crippen molar-refractivity contribution in [2.24, 2.45) is 5.92 Å². The SMILES string of the molecule is CC[C@H](C)[C@H](NC(=O)[C@H](C)NC)C(=O)N1CCc2ccccc2C1C(=O)Nc1c(F)cccc1F.Cl. The largest absolute Gasteiger partial charge is 0.343 e. The predicted molar refractivity (Wildman–Crippen MR) is 137 cm³/mol. The number of carbonyl (C=O) groups is 3. The molecule has 1 aliphatic rings. The van der Waals surface area contributed by atoms with Crippen LogP contribution < -0.4 is 16.0 Å². The maximum absolute atomic E-state index is 14.3. The number of hydrogen-bond donors (Lipinski definition) is 3. The molecule has 7 nitrogen and oxygen atoms in total. The third-order valence-electron chi connectivity index (χ3n) is 6.63. The molecule has 36 heavy (non-hydrogen) atoms. The van der Waals surface area contributed by atoms with Gasteiger partial charge in [-0.2, -0.15) is 0 Å². The molecule has 0 radical (unpaired) electrons. The molecule has 0 bridgehead atoms. The van der Waals surface area contributed by atoms with Crippen molar-refractivity contribution in [2.45, 2.75) is 51.7 Å². The molecule has 1 unspecified atom stereocenters. The average Bonchev–Trinajstić information content (AvgIpc) is 2.87. The van der Waals surface area contributed by atoms with Crippen molar-refractivity contribution < 1.29 is 23.2 Å². The van der Waals surface area contributed by atoms with E-state index in [1.165, 1.54) is 11.0 Å². The van der Waals surface area contributed by atoms with Gasteiger partial charge >= 0.3 is 0 Å². The van der Waals surface area contributed by atoms with Gasteiger partial charge in [0.05, 0.1) is 6.04 Å². The molecule has 0 spiro atoms. The number of nitrogens with one attached hydrogen (secondary N) is 3. The Morgan fingerprint density at radius 3 is 2.31 bits per heavy atom. The Balaban J connectivity index is 0.00000456. The van der Waals surface area contributed by atoms with Crippen molar-refractivity contribution in [3.63, 3.8) is 0 Å². The number of para-hydroxylation sites is 1. The minimum atomic E-state index is -1.11. The first-order valence-corrected chi connectivity index (χ1v) is 11.8. The van der Waals surface area contributed by atoms with Gasteiger partial charge < -0.3 is 20.9 Å². The van der Waals surface area contributed by atoms with Crippen LogP contribution in [0.1, 0.15) is 44.4 Å². The zero-order valence-corrected chi connectivity index (χ0v) is 21.6. The average molecular weight is 523 g/mol. The van der Waals surface area contributed by atoms with Gasteiger partial charge in [-0.25, -0.2) is 8.78 Å². The van der Waals surface area contributed by atoms with E-state index in [0.717, 1.165) is 17.7 Å². The third kappa shape index (κ3) is 6.20. The van der Waals surface area contributed by atoms with Gasteiger partial charge in [0.2, 0.25) is 11.8 Å². The molecule has 4 atom stereocenters. The van der Waals surface area contributed by atoms with E-state index in [1.807, 2.05) is 26.0 Å². The predicted octanol–water partition coefficient (Wildman–Crippen LogP) is 3.59. The van der Waals surface area contributed by atoms with Crippen LogP contribution in [0.15, 0.2) is 42.5 Å². The Morgan fingerprint density at radius 2 is 1.69 bits per heavy atom. The summed E-state index contributed by atoms with van der Waals surface area (Å²) < 4.78 is 28.5. The second-order valence-electron chi connectivity index (χ2n) is 8.85. The highest BCUT2D eigenvalue weighted by Crippen LogP contribution is 2.33. The van der Waals surface area contributed by atoms with Crippen molar-refractivity contribution in [1.29, 1.82) is 0 Å². The fourth-order valence-corrected chi connectivity index (χ4v) is 4.17. The second kappa shape index (κ2) is 12.8. The van der Waals surface area contributed by atoms with Crippen LogP contribution in [0.4, 0.5) is 14.5 Å². The zero-order chi connectivity index (χ0) is 25.7. The third-order valence-corrected chi connectivity index (χ3v) is 6.63. The van der Waals surface area contributed by atoms with E-state index in [4.69, 9.17) is 0 Å². The molecule has 3 amide bonds. The summed E-state index contributed by atoms with van der Waals surface area (Å²) in [6, 6.07) is 7.99. The summed E-state index contributed by atoms with van der Waals surface area (Å²) in [6.07, 6.45) is 1.13. The molecule has 3 rings (SSSR count). The molecule has 0 aromatic heterocycles. The quantitative estimate of drug-likeness (QED) is 0.494. The van der Waals surface area contributed by atoms with Crippen LogP contribution in [-0.4, -0.2) is 48.3 Å². The molecule has 2 aromatic carbocycles. The highest BCUT2D eigenvalue weighted by atomic mass is 35.5. The molecule has 0 saturated heterocycles. The molecule has 0 fully saturated rings. The van der Waals surface area contributed by atoms with Crippen molar-refractivity contribution in [3.05, 3.63) is 65.2 Å². The molecule has 10 heteroatoms. The summed E-state index contributed by atoms with van der Waals surface area (Å²) in [6.45, 7) is 5.67. The maximum Gasteiger partial charge on any atom is 0.251 e. The number of fused-ring (bicyclic) bond motifs is 1. The molecular weight excluding hydrogens is 490 g/mol. The Kier molecular flexibility index (Phi) is 10.4. The van der Waals surface area contributed by atoms with Crippen LogP contribution in [0.5, 0.6) is 0 Å². The van der Waals surface area contributed by atoms with Crippen molar-refractivity contribution in [3.8, 4) is 0 Å². The minimum Gasteiger partial charge on any atom is -0.343 e. The zero-order valence-electron chi connectivity index (χ0n) is 20.8. The fraction of sp³-hybridized carbons (Fsp3) is 0.423. The van der Waals surface area contributed by atoms with Gasteiger partial charge in [-0.15, -0.1) is 12.4 Å². The molecular formula is C26H33ClF2N4O3. The molecule has 3 N–H and O–H groups in total. The lowest BCUT2D eigenvalue weighted by Gasteiger charge is -2.39. The van der Waals surface area contributed by atoms with Crippen LogP contribution in [0.2, 0.25) is 0 Å². The number of amides is 3. The van der Waals surface area contributed by atoms with Crippen molar-refractivity contribution >= 4 is 35.8 Å². The van der Waals surface area contributed by atoms with Crippen molar-refractivity contribution in [1.82, 2.24) is 15.5 Å². The lowest BCUT2D eigenvalue weighted by atomic mass is 9.89. The van der Waals surface area contributed by atoms with E-state index in [9.17, 15) is 23.2 Å². The number of hydrogen-bond acceptors (Lipinski definition) is 4. The Hall–Kier alpha value is -3.04. The lowest BCUT2D eigenvalue weighted by molar-refractivity contribution is -0.144. The highest BCUT2D eigenvalue weighted by molar-refractivity contribution is 6.00. The fourth-order valence-electron chi connectivity index (χ4n) is 4.17. The number of halogens is 3. The number of carbonyl (C=O) groups excluding carboxylic acids is 3. The first kappa shape index (κ1) is 29.2. The first-order chi connectivity index (χ1) is 16.7. The summed E-state index contributed by atoms with van der Waals surface area (Å²) in [5, 5.41) is 8.02. The van der Waals surface area contributed by atoms with Gasteiger partial charge in [-0.3, -0.25) is 14.4 Å². The van der Waals surface area contributed by atoms with Crippen molar-refractivity contribution in [2.75, 3.05) is 18.9 Å². The number of likely N-dealkylation sites (N-methyl/N-ethyl adjacent to an activating group) is 1. The summed E-state index contributed by atoms with van der Waals surface area (Å²) in [5.74, 6) is -3.51. The summed E-state index contributed by atoms with van der Waals surface area (Å²) in [5.41, 5.74) is 0.889. The minimum absolute atomic E-state index is 0. The van der Waals surface area contributed by atoms with Crippen LogP contribution in [-0.2, 0) is 20.8 Å². The first-order valence-electron chi connectivity index (χ1n) is 11.8. The Labute approximate surface area is 216 Å². The Morgan fingerprint density at radius 1 is 1.06 bits per heavy atom. The van der Waals surface area contributed by atoms with Crippen LogP contribution in [0.3, 0.4) is 0 Å². The van der Waals surface area contributed by atoms with Crippen LogP contribution in [0, 0.1) is 17.6 Å². The van der Waals surface area contributed by atoms with Crippen LogP contribution >= 0.6 is 12.4 Å². The van der Waals surface area contributed by atoms with E-state index in [0.29, 0.717) is 18.4 Å². The lowest BCUT2D eigenvalue weighted by Crippen LogP contribution is -2.57. The topological polar surface area (TPSA) is 90.5 Å². The van der Waals surface area contributed by atoms with Crippen LogP contribution in [0.25, 0.3) is 0 Å².